The average molecular weight is 567 g/mol. The van der Waals surface area contributed by atoms with Crippen molar-refractivity contribution < 1.29 is 13.7 Å². The van der Waals surface area contributed by atoms with Crippen LogP contribution in [0.2, 0.25) is 0 Å². The van der Waals surface area contributed by atoms with E-state index in [0.29, 0.717) is 53.1 Å². The molecule has 1 saturated carbocycles. The fraction of sp³-hybridized carbons (Fsp3) is 0.273. The standard InChI is InChI=1S/C33H31FN4O4/c1-3-7-29-27(32(39)38(20(2)35-29)24-13-15-30(28(34)18-24)41-19-21-10-11-21)17-22-12-14-25(23-8-5-4-6-9-23)26(16-22)31-36-33(40)42-37-31/h4-6,8-9,12-16,18,21H,3,7,10-11,17,19H2,1-2H3,(H,36,37,40). The summed E-state index contributed by atoms with van der Waals surface area (Å²) in [5.41, 5.74) is 4.69. The molecule has 5 aromatic rings. The summed E-state index contributed by atoms with van der Waals surface area (Å²) in [7, 11) is 0. The Labute approximate surface area is 241 Å². The Bertz CT molecular complexity index is 1850. The van der Waals surface area contributed by atoms with E-state index in [1.54, 1.807) is 19.1 Å². The molecule has 0 amide bonds. The maximum atomic E-state index is 15.0. The molecule has 2 heterocycles. The molecule has 9 heteroatoms. The van der Waals surface area contributed by atoms with Crippen LogP contribution >= 0.6 is 0 Å². The zero-order chi connectivity index (χ0) is 29.2. The number of aromatic amines is 1. The minimum atomic E-state index is -0.651. The smallest absolute Gasteiger partial charge is 0.439 e. The third-order valence-corrected chi connectivity index (χ3v) is 7.51. The molecule has 1 N–H and O–H groups in total. The Morgan fingerprint density at radius 2 is 1.86 bits per heavy atom. The van der Waals surface area contributed by atoms with Gasteiger partial charge in [0.05, 0.1) is 18.0 Å². The van der Waals surface area contributed by atoms with Crippen molar-refractivity contribution in [2.45, 2.75) is 46.0 Å². The molecule has 0 spiro atoms. The number of aryl methyl sites for hydroxylation is 2. The molecule has 6 rings (SSSR count). The molecule has 214 valence electrons. The van der Waals surface area contributed by atoms with Gasteiger partial charge in [-0.25, -0.2) is 14.2 Å². The SMILES string of the molecule is CCCc1nc(C)n(-c2ccc(OCC3CC3)c(F)c2)c(=O)c1Cc1ccc(-c2ccccc2)c(-c2noc(=O)[nH]2)c1. The largest absolute Gasteiger partial charge is 0.490 e. The summed E-state index contributed by atoms with van der Waals surface area (Å²) >= 11 is 0. The number of H-pyrrole nitrogens is 1. The van der Waals surface area contributed by atoms with Gasteiger partial charge < -0.3 is 4.74 Å². The quantitative estimate of drug-likeness (QED) is 0.222. The van der Waals surface area contributed by atoms with Crippen LogP contribution in [0.1, 0.15) is 48.8 Å². The summed E-state index contributed by atoms with van der Waals surface area (Å²) in [6.45, 7) is 4.29. The van der Waals surface area contributed by atoms with Gasteiger partial charge in [-0.3, -0.25) is 18.9 Å². The third-order valence-electron chi connectivity index (χ3n) is 7.51. The van der Waals surface area contributed by atoms with Crippen molar-refractivity contribution in [3.8, 4) is 34.0 Å². The van der Waals surface area contributed by atoms with Crippen LogP contribution in [-0.2, 0) is 12.8 Å². The van der Waals surface area contributed by atoms with Crippen LogP contribution in [0.25, 0.3) is 28.2 Å². The molecule has 0 saturated heterocycles. The van der Waals surface area contributed by atoms with Crippen molar-refractivity contribution in [1.29, 1.82) is 0 Å². The number of ether oxygens (including phenoxy) is 1. The summed E-state index contributed by atoms with van der Waals surface area (Å²) in [5, 5.41) is 3.92. The van der Waals surface area contributed by atoms with Crippen LogP contribution in [0.15, 0.2) is 80.8 Å². The van der Waals surface area contributed by atoms with Gasteiger partial charge in [0.25, 0.3) is 5.56 Å². The number of benzene rings is 3. The van der Waals surface area contributed by atoms with Gasteiger partial charge in [0, 0.05) is 23.6 Å². The molecule has 1 fully saturated rings. The summed E-state index contributed by atoms with van der Waals surface area (Å²) < 4.78 is 26.9. The Balaban J connectivity index is 1.41. The molecule has 1 aliphatic carbocycles. The second-order valence-corrected chi connectivity index (χ2v) is 10.7. The topological polar surface area (TPSA) is 103 Å². The highest BCUT2D eigenvalue weighted by Gasteiger charge is 2.23. The zero-order valence-electron chi connectivity index (χ0n) is 23.5. The van der Waals surface area contributed by atoms with Crippen molar-refractivity contribution in [2.24, 2.45) is 5.92 Å². The van der Waals surface area contributed by atoms with E-state index >= 15 is 4.39 Å². The lowest BCUT2D eigenvalue weighted by Crippen LogP contribution is -2.28. The normalized spacial score (nSPS) is 12.9. The molecule has 1 aliphatic rings. The van der Waals surface area contributed by atoms with Crippen molar-refractivity contribution in [2.75, 3.05) is 6.61 Å². The van der Waals surface area contributed by atoms with Crippen molar-refractivity contribution in [1.82, 2.24) is 19.7 Å². The highest BCUT2D eigenvalue weighted by molar-refractivity contribution is 5.81. The van der Waals surface area contributed by atoms with Gasteiger partial charge in [0.1, 0.15) is 5.82 Å². The summed E-state index contributed by atoms with van der Waals surface area (Å²) in [6, 6.07) is 20.1. The van der Waals surface area contributed by atoms with Gasteiger partial charge in [0.15, 0.2) is 17.4 Å². The average Bonchev–Trinajstić information content (AvgIpc) is 3.72. The Kier molecular flexibility index (Phi) is 7.56. The molecule has 0 unspecified atom stereocenters. The summed E-state index contributed by atoms with van der Waals surface area (Å²) in [4.78, 5) is 33.3. The van der Waals surface area contributed by atoms with Gasteiger partial charge in [-0.1, -0.05) is 61.0 Å². The van der Waals surface area contributed by atoms with Crippen LogP contribution in [0.4, 0.5) is 4.39 Å². The zero-order valence-corrected chi connectivity index (χ0v) is 23.5. The van der Waals surface area contributed by atoms with E-state index in [1.807, 2.05) is 55.5 Å². The van der Waals surface area contributed by atoms with E-state index in [4.69, 9.17) is 14.2 Å². The Hall–Kier alpha value is -4.79. The first kappa shape index (κ1) is 27.4. The van der Waals surface area contributed by atoms with Gasteiger partial charge in [-0.2, -0.15) is 0 Å². The summed E-state index contributed by atoms with van der Waals surface area (Å²) in [6.07, 6.45) is 3.94. The van der Waals surface area contributed by atoms with Gasteiger partial charge >= 0.3 is 5.76 Å². The predicted octanol–water partition coefficient (Wildman–Crippen LogP) is 6.02. The first-order chi connectivity index (χ1) is 20.4. The maximum absolute atomic E-state index is 15.0. The lowest BCUT2D eigenvalue weighted by atomic mass is 9.94. The molecular formula is C33H31FN4O4. The van der Waals surface area contributed by atoms with E-state index in [1.165, 1.54) is 10.6 Å². The van der Waals surface area contributed by atoms with Crippen LogP contribution in [0, 0.1) is 18.7 Å². The van der Waals surface area contributed by atoms with Crippen molar-refractivity contribution in [3.05, 3.63) is 116 Å². The van der Waals surface area contributed by atoms with E-state index < -0.39 is 11.6 Å². The van der Waals surface area contributed by atoms with Crippen LogP contribution in [0.5, 0.6) is 5.75 Å². The second-order valence-electron chi connectivity index (χ2n) is 10.7. The maximum Gasteiger partial charge on any atom is 0.439 e. The first-order valence-corrected chi connectivity index (χ1v) is 14.2. The van der Waals surface area contributed by atoms with Crippen LogP contribution in [0.3, 0.4) is 0 Å². The molecular weight excluding hydrogens is 535 g/mol. The molecule has 0 atom stereocenters. The minimum Gasteiger partial charge on any atom is -0.490 e. The second kappa shape index (κ2) is 11.6. The first-order valence-electron chi connectivity index (χ1n) is 14.2. The lowest BCUT2D eigenvalue weighted by Gasteiger charge is -2.17. The van der Waals surface area contributed by atoms with Crippen molar-refractivity contribution >= 4 is 0 Å². The van der Waals surface area contributed by atoms with Crippen molar-refractivity contribution in [3.63, 3.8) is 0 Å². The molecule has 8 nitrogen and oxygen atoms in total. The molecule has 2 aromatic heterocycles. The fourth-order valence-electron chi connectivity index (χ4n) is 5.20. The molecule has 0 bridgehead atoms. The monoisotopic (exact) mass is 566 g/mol. The summed E-state index contributed by atoms with van der Waals surface area (Å²) in [5.74, 6) is 0.303. The molecule has 42 heavy (non-hydrogen) atoms. The van der Waals surface area contributed by atoms with Gasteiger partial charge in [0.2, 0.25) is 0 Å². The van der Waals surface area contributed by atoms with E-state index in [2.05, 4.69) is 10.1 Å². The Morgan fingerprint density at radius 1 is 1.05 bits per heavy atom. The van der Waals surface area contributed by atoms with E-state index in [9.17, 15) is 9.59 Å². The number of nitrogens with zero attached hydrogens (tertiary/aromatic N) is 3. The number of halogens is 1. The number of hydrogen-bond acceptors (Lipinski definition) is 6. The lowest BCUT2D eigenvalue weighted by molar-refractivity contribution is 0.285. The molecule has 3 aromatic carbocycles. The number of nitrogens with one attached hydrogen (secondary N) is 1. The number of hydrogen-bond donors (Lipinski definition) is 1. The molecule has 0 radical (unpaired) electrons. The van der Waals surface area contributed by atoms with Crippen LogP contribution < -0.4 is 16.1 Å². The Morgan fingerprint density at radius 3 is 2.55 bits per heavy atom. The number of aromatic nitrogens is 4. The highest BCUT2D eigenvalue weighted by Crippen LogP contribution is 2.32. The minimum absolute atomic E-state index is 0.184. The highest BCUT2D eigenvalue weighted by atomic mass is 19.1. The van der Waals surface area contributed by atoms with Gasteiger partial charge in [-0.05, 0) is 67.0 Å². The molecule has 0 aliphatic heterocycles. The van der Waals surface area contributed by atoms with E-state index in [-0.39, 0.29) is 17.7 Å². The fourth-order valence-corrected chi connectivity index (χ4v) is 5.20. The number of rotatable bonds is 10. The van der Waals surface area contributed by atoms with E-state index in [0.717, 1.165) is 36.0 Å². The third kappa shape index (κ3) is 5.68. The van der Waals surface area contributed by atoms with Crippen LogP contribution in [-0.4, -0.2) is 26.3 Å². The van der Waals surface area contributed by atoms with Gasteiger partial charge in [-0.15, -0.1) is 0 Å². The predicted molar refractivity (Wildman–Crippen MR) is 158 cm³/mol.